The molecule has 2 aromatic carbocycles. The van der Waals surface area contributed by atoms with Crippen molar-refractivity contribution in [3.05, 3.63) is 84.6 Å². The number of carbonyl (C=O) groups excluding carboxylic acids is 1. The number of carbonyl (C=O) groups is 1. The topological polar surface area (TPSA) is 138 Å². The minimum atomic E-state index is -4.90. The summed E-state index contributed by atoms with van der Waals surface area (Å²) in [4.78, 5) is 17.4. The zero-order valence-corrected chi connectivity index (χ0v) is 19.5. The third-order valence-electron chi connectivity index (χ3n) is 5.19. The number of hydrogen-bond acceptors (Lipinski definition) is 7. The summed E-state index contributed by atoms with van der Waals surface area (Å²) >= 11 is -1.54. The highest BCUT2D eigenvalue weighted by Crippen LogP contribution is 2.36. The Bertz CT molecular complexity index is 1450. The molecule has 36 heavy (non-hydrogen) atoms. The fourth-order valence-corrected chi connectivity index (χ4v) is 4.41. The van der Waals surface area contributed by atoms with Gasteiger partial charge in [0.2, 0.25) is 0 Å². The van der Waals surface area contributed by atoms with Crippen molar-refractivity contribution in [2.75, 3.05) is 16.6 Å². The van der Waals surface area contributed by atoms with Gasteiger partial charge in [-0.25, -0.2) is 10.5 Å². The van der Waals surface area contributed by atoms with Crippen molar-refractivity contribution >= 4 is 39.4 Å². The number of nitrogens with zero attached hydrogens (tertiary/aromatic N) is 4. The molecule has 2 heterocycles. The quantitative estimate of drug-likeness (QED) is 0.203. The molecule has 0 saturated carbocycles. The van der Waals surface area contributed by atoms with Crippen molar-refractivity contribution in [2.45, 2.75) is 11.1 Å². The smallest absolute Gasteiger partial charge is 0.434 e. The van der Waals surface area contributed by atoms with Gasteiger partial charge in [-0.1, -0.05) is 6.07 Å². The molecule has 9 nitrogen and oxygen atoms in total. The Balaban J connectivity index is 1.75. The van der Waals surface area contributed by atoms with Crippen LogP contribution in [0.25, 0.3) is 16.6 Å². The number of hydrogen-bond donors (Lipinski definition) is 3. The molecule has 0 fully saturated rings. The highest BCUT2D eigenvalue weighted by molar-refractivity contribution is 7.90. The van der Waals surface area contributed by atoms with Gasteiger partial charge in [0.1, 0.15) is 11.9 Å². The van der Waals surface area contributed by atoms with Crippen LogP contribution in [0.1, 0.15) is 16.1 Å². The molecule has 4 rings (SSSR count). The van der Waals surface area contributed by atoms with Crippen molar-refractivity contribution in [3.8, 4) is 5.69 Å². The summed E-state index contributed by atoms with van der Waals surface area (Å²) in [6.07, 6.45) is 1.39. The Morgan fingerprint density at radius 1 is 1.22 bits per heavy atom. The van der Waals surface area contributed by atoms with Gasteiger partial charge in [-0.15, -0.1) is 0 Å². The fourth-order valence-electron chi connectivity index (χ4n) is 3.65. The highest BCUT2D eigenvalue weighted by Gasteiger charge is 2.41. The molecule has 1 amide bonds. The molecule has 0 radical (unpaired) electrons. The van der Waals surface area contributed by atoms with Gasteiger partial charge < -0.3 is 15.6 Å². The van der Waals surface area contributed by atoms with E-state index in [1.165, 1.54) is 49.1 Å². The molecular formula is C23H20F3N7O2S. The molecule has 1 unspecified atom stereocenters. The molecule has 1 atom stereocenters. The number of rotatable bonds is 6. The van der Waals surface area contributed by atoms with Crippen LogP contribution in [-0.4, -0.2) is 31.5 Å². The number of pyridine rings is 1. The van der Waals surface area contributed by atoms with E-state index in [1.54, 1.807) is 24.3 Å². The Morgan fingerprint density at radius 2 is 2.00 bits per heavy atom. The first kappa shape index (κ1) is 25.0. The van der Waals surface area contributed by atoms with Crippen LogP contribution in [0.2, 0.25) is 0 Å². The lowest BCUT2D eigenvalue weighted by molar-refractivity contribution is -0.143. The number of hydrazine groups is 1. The monoisotopic (exact) mass is 515 g/mol. The number of alkyl halides is 3. The Kier molecular flexibility index (Phi) is 6.88. The van der Waals surface area contributed by atoms with E-state index in [2.05, 4.69) is 15.4 Å². The number of nitrogens with two attached hydrogens (primary N) is 2. The Morgan fingerprint density at radius 3 is 2.69 bits per heavy atom. The molecule has 5 N–H and O–H groups in total. The van der Waals surface area contributed by atoms with Crippen LogP contribution >= 0.6 is 0 Å². The summed E-state index contributed by atoms with van der Waals surface area (Å²) in [5.41, 5.74) is 4.47. The summed E-state index contributed by atoms with van der Waals surface area (Å²) in [6, 6.07) is 12.1. The second kappa shape index (κ2) is 9.89. The van der Waals surface area contributed by atoms with E-state index >= 15 is 0 Å². The number of benzene rings is 2. The van der Waals surface area contributed by atoms with Gasteiger partial charge in [-0.2, -0.15) is 18.3 Å². The predicted octanol–water partition coefficient (Wildman–Crippen LogP) is 3.54. The first-order valence-corrected chi connectivity index (χ1v) is 11.9. The molecular weight excluding hydrogens is 495 g/mol. The average Bonchev–Trinajstić information content (AvgIpc) is 3.30. The molecule has 0 bridgehead atoms. The zero-order chi connectivity index (χ0) is 26.0. The van der Waals surface area contributed by atoms with Gasteiger partial charge >= 0.3 is 6.18 Å². The lowest BCUT2D eigenvalue weighted by Gasteiger charge is -2.18. The molecule has 0 aliphatic rings. The minimum absolute atomic E-state index is 0.120. The SMILES string of the molecule is C[S+]([O-])c1cc(NC(=O)c2cnn(-c3cccc4ncccc34)c2C(F)(F)F)ccc1N(N)/C=C\N. The van der Waals surface area contributed by atoms with Gasteiger partial charge in [0.25, 0.3) is 5.91 Å². The number of fused-ring (bicyclic) bond motifs is 1. The van der Waals surface area contributed by atoms with Crippen molar-refractivity contribution in [1.82, 2.24) is 14.8 Å². The Labute approximate surface area is 206 Å². The normalized spacial score (nSPS) is 12.7. The predicted molar refractivity (Wildman–Crippen MR) is 131 cm³/mol. The number of halogens is 3. The Hall–Kier alpha value is -4.07. The minimum Gasteiger partial charge on any atom is -0.612 e. The lowest BCUT2D eigenvalue weighted by atomic mass is 10.1. The van der Waals surface area contributed by atoms with Gasteiger partial charge in [0, 0.05) is 35.7 Å². The van der Waals surface area contributed by atoms with Crippen molar-refractivity contribution in [2.24, 2.45) is 11.6 Å². The van der Waals surface area contributed by atoms with Crippen LogP contribution in [0.5, 0.6) is 0 Å². The van der Waals surface area contributed by atoms with Crippen LogP contribution in [0.3, 0.4) is 0 Å². The van der Waals surface area contributed by atoms with Crippen LogP contribution in [0.15, 0.2) is 78.2 Å². The molecule has 186 valence electrons. The zero-order valence-electron chi connectivity index (χ0n) is 18.7. The van der Waals surface area contributed by atoms with Gasteiger partial charge in [0.05, 0.1) is 23.0 Å². The van der Waals surface area contributed by atoms with Crippen molar-refractivity contribution in [3.63, 3.8) is 0 Å². The van der Waals surface area contributed by atoms with Crippen LogP contribution in [0.4, 0.5) is 24.5 Å². The standard InChI is InChI=1S/C23H20F3N7O2S/c1-36(35)20-12-14(7-8-19(20)32(28)11-9-27)31-22(34)16-13-30-33(21(16)23(24,25)26)18-6-2-5-17-15(18)4-3-10-29-17/h2-13H,27-28H2,1H3,(H,31,34)/b11-9-. The maximum atomic E-state index is 14.2. The molecule has 0 aliphatic heterocycles. The molecule has 4 aromatic rings. The highest BCUT2D eigenvalue weighted by atomic mass is 32.2. The van der Waals surface area contributed by atoms with Gasteiger partial charge in [-0.3, -0.25) is 14.8 Å². The molecule has 0 spiro atoms. The average molecular weight is 516 g/mol. The lowest BCUT2D eigenvalue weighted by Crippen LogP contribution is -2.26. The summed E-state index contributed by atoms with van der Waals surface area (Å²) in [7, 11) is 0. The van der Waals surface area contributed by atoms with Gasteiger partial charge in [-0.05, 0) is 47.6 Å². The van der Waals surface area contributed by atoms with E-state index < -0.39 is 34.5 Å². The van der Waals surface area contributed by atoms with Crippen LogP contribution < -0.4 is 21.9 Å². The molecule has 0 aliphatic carbocycles. The van der Waals surface area contributed by atoms with Gasteiger partial charge in [0.15, 0.2) is 10.6 Å². The number of aromatic nitrogens is 3. The first-order chi connectivity index (χ1) is 17.1. The van der Waals surface area contributed by atoms with E-state index in [4.69, 9.17) is 11.6 Å². The molecule has 13 heteroatoms. The van der Waals surface area contributed by atoms with E-state index in [0.717, 1.165) is 11.2 Å². The van der Waals surface area contributed by atoms with E-state index in [0.29, 0.717) is 21.3 Å². The fraction of sp³-hybridized carbons (Fsp3) is 0.0870. The summed E-state index contributed by atoms with van der Waals surface area (Å²) in [6.45, 7) is 0. The number of amides is 1. The third kappa shape index (κ3) is 4.84. The van der Waals surface area contributed by atoms with Crippen LogP contribution in [0, 0.1) is 0 Å². The largest absolute Gasteiger partial charge is 0.612 e. The van der Waals surface area contributed by atoms with E-state index in [1.807, 2.05) is 0 Å². The third-order valence-corrected chi connectivity index (χ3v) is 6.13. The molecule has 2 aromatic heterocycles. The summed E-state index contributed by atoms with van der Waals surface area (Å²) in [5, 5.41) is 7.88. The number of nitrogens with one attached hydrogen (secondary N) is 1. The van der Waals surface area contributed by atoms with Crippen molar-refractivity contribution in [1.29, 1.82) is 0 Å². The summed E-state index contributed by atoms with van der Waals surface area (Å²) in [5.74, 6) is 4.81. The first-order valence-electron chi connectivity index (χ1n) is 10.3. The molecule has 0 saturated heterocycles. The van der Waals surface area contributed by atoms with E-state index in [9.17, 15) is 22.5 Å². The second-order valence-corrected chi connectivity index (χ2v) is 8.85. The second-order valence-electron chi connectivity index (χ2n) is 7.50. The number of anilines is 2. The maximum Gasteiger partial charge on any atom is 0.434 e. The van der Waals surface area contributed by atoms with Crippen molar-refractivity contribution < 1.29 is 22.5 Å². The van der Waals surface area contributed by atoms with Crippen LogP contribution in [-0.2, 0) is 17.4 Å². The maximum absolute atomic E-state index is 14.2. The van der Waals surface area contributed by atoms with E-state index in [-0.39, 0.29) is 16.3 Å². The summed E-state index contributed by atoms with van der Waals surface area (Å²) < 4.78 is 55.4.